The number of thiocarbonyl (C=S) groups is 1. The van der Waals surface area contributed by atoms with Crippen LogP contribution in [-0.4, -0.2) is 11.3 Å². The Hall–Kier alpha value is -1.62. The maximum atomic E-state index is 6.05. The third kappa shape index (κ3) is 4.43. The predicted molar refractivity (Wildman–Crippen MR) is 94.6 cm³/mol. The van der Waals surface area contributed by atoms with Gasteiger partial charge in [-0.2, -0.15) is 5.10 Å². The monoisotopic (exact) mass is 337 g/mol. The van der Waals surface area contributed by atoms with Crippen molar-refractivity contribution < 1.29 is 0 Å². The molecule has 2 rings (SSSR count). The molecule has 0 aliphatic carbocycles. The molecule has 2 aromatic carbocycles. The molecular formula is C15H13Cl2N3S. The summed E-state index contributed by atoms with van der Waals surface area (Å²) < 4.78 is 0. The zero-order chi connectivity index (χ0) is 15.2. The minimum absolute atomic E-state index is 0.378. The Balaban J connectivity index is 1.97. The number of halogens is 2. The Kier molecular flexibility index (Phi) is 5.56. The molecule has 0 spiro atoms. The van der Waals surface area contributed by atoms with Gasteiger partial charge in [0.1, 0.15) is 0 Å². The SMILES string of the molecule is Cc1c(Cl)cccc1NC(=S)N/N=C/c1ccccc1Cl. The first-order valence-corrected chi connectivity index (χ1v) is 7.34. The molecule has 0 unspecified atom stereocenters. The summed E-state index contributed by atoms with van der Waals surface area (Å²) in [5.41, 5.74) is 5.32. The number of nitrogens with one attached hydrogen (secondary N) is 2. The Morgan fingerprint density at radius 2 is 1.81 bits per heavy atom. The van der Waals surface area contributed by atoms with Gasteiger partial charge in [-0.1, -0.05) is 47.5 Å². The number of nitrogens with zero attached hydrogens (tertiary/aromatic N) is 1. The lowest BCUT2D eigenvalue weighted by atomic mass is 10.2. The van der Waals surface area contributed by atoms with Gasteiger partial charge < -0.3 is 5.32 Å². The van der Waals surface area contributed by atoms with Crippen LogP contribution in [0, 0.1) is 6.92 Å². The van der Waals surface area contributed by atoms with Crippen LogP contribution in [0.2, 0.25) is 10.0 Å². The fourth-order valence-electron chi connectivity index (χ4n) is 1.63. The number of hydrazone groups is 1. The number of rotatable bonds is 3. The second-order valence-electron chi connectivity index (χ2n) is 4.26. The highest BCUT2D eigenvalue weighted by Gasteiger charge is 2.03. The van der Waals surface area contributed by atoms with E-state index in [1.165, 1.54) is 0 Å². The van der Waals surface area contributed by atoms with Crippen molar-refractivity contribution in [2.45, 2.75) is 6.92 Å². The zero-order valence-electron chi connectivity index (χ0n) is 11.2. The van der Waals surface area contributed by atoms with E-state index in [-0.39, 0.29) is 0 Å². The lowest BCUT2D eigenvalue weighted by Gasteiger charge is -2.10. The van der Waals surface area contributed by atoms with Gasteiger partial charge in [0.2, 0.25) is 0 Å². The number of benzene rings is 2. The van der Waals surface area contributed by atoms with E-state index in [4.69, 9.17) is 35.4 Å². The molecule has 0 aromatic heterocycles. The van der Waals surface area contributed by atoms with Crippen LogP contribution in [0.25, 0.3) is 0 Å². The van der Waals surface area contributed by atoms with Gasteiger partial charge in [0.25, 0.3) is 0 Å². The van der Waals surface area contributed by atoms with Gasteiger partial charge in [-0.25, -0.2) is 0 Å². The third-order valence-electron chi connectivity index (χ3n) is 2.79. The number of anilines is 1. The van der Waals surface area contributed by atoms with Gasteiger partial charge in [-0.15, -0.1) is 0 Å². The molecule has 0 aliphatic heterocycles. The Morgan fingerprint density at radius 3 is 2.57 bits per heavy atom. The maximum Gasteiger partial charge on any atom is 0.191 e. The fourth-order valence-corrected chi connectivity index (χ4v) is 2.16. The highest BCUT2D eigenvalue weighted by atomic mass is 35.5. The van der Waals surface area contributed by atoms with Crippen LogP contribution in [0.4, 0.5) is 5.69 Å². The average molecular weight is 338 g/mol. The fraction of sp³-hybridized carbons (Fsp3) is 0.0667. The normalized spacial score (nSPS) is 10.6. The van der Waals surface area contributed by atoms with E-state index in [2.05, 4.69) is 15.8 Å². The van der Waals surface area contributed by atoms with Crippen molar-refractivity contribution in [3.63, 3.8) is 0 Å². The Morgan fingerprint density at radius 1 is 1.10 bits per heavy atom. The minimum atomic E-state index is 0.378. The molecule has 0 fully saturated rings. The maximum absolute atomic E-state index is 6.05. The molecule has 21 heavy (non-hydrogen) atoms. The molecule has 108 valence electrons. The standard InChI is InChI=1S/C15H13Cl2N3S/c1-10-12(16)7-4-8-14(10)19-15(21)20-18-9-11-5-2-3-6-13(11)17/h2-9H,1H3,(H2,19,20,21)/b18-9+. The van der Waals surface area contributed by atoms with Crippen molar-refractivity contribution in [3.8, 4) is 0 Å². The smallest absolute Gasteiger partial charge is 0.191 e. The molecular weight excluding hydrogens is 325 g/mol. The molecule has 6 heteroatoms. The van der Waals surface area contributed by atoms with E-state index in [0.717, 1.165) is 16.8 Å². The van der Waals surface area contributed by atoms with E-state index >= 15 is 0 Å². The van der Waals surface area contributed by atoms with Crippen molar-refractivity contribution >= 4 is 52.4 Å². The minimum Gasteiger partial charge on any atom is -0.331 e. The van der Waals surface area contributed by atoms with Crippen molar-refractivity contribution in [2.24, 2.45) is 5.10 Å². The predicted octanol–water partition coefficient (Wildman–Crippen LogP) is 4.62. The zero-order valence-corrected chi connectivity index (χ0v) is 13.6. The largest absolute Gasteiger partial charge is 0.331 e. The topological polar surface area (TPSA) is 36.4 Å². The van der Waals surface area contributed by atoms with Crippen LogP contribution >= 0.6 is 35.4 Å². The van der Waals surface area contributed by atoms with Crippen LogP contribution in [-0.2, 0) is 0 Å². The number of hydrogen-bond donors (Lipinski definition) is 2. The first-order valence-electron chi connectivity index (χ1n) is 6.17. The van der Waals surface area contributed by atoms with E-state index < -0.39 is 0 Å². The first-order chi connectivity index (χ1) is 10.1. The summed E-state index contributed by atoms with van der Waals surface area (Å²) in [6.45, 7) is 1.92. The summed E-state index contributed by atoms with van der Waals surface area (Å²) in [4.78, 5) is 0. The van der Waals surface area contributed by atoms with Gasteiger partial charge in [0, 0.05) is 21.3 Å². The van der Waals surface area contributed by atoms with Crippen LogP contribution in [0.15, 0.2) is 47.6 Å². The Labute approximate surface area is 139 Å². The van der Waals surface area contributed by atoms with E-state index in [0.29, 0.717) is 15.2 Å². The second-order valence-corrected chi connectivity index (χ2v) is 5.48. The molecule has 0 bridgehead atoms. The molecule has 2 aromatic rings. The van der Waals surface area contributed by atoms with Gasteiger partial charge in [0.05, 0.1) is 6.21 Å². The molecule has 0 saturated carbocycles. The van der Waals surface area contributed by atoms with Crippen LogP contribution in [0.5, 0.6) is 0 Å². The Bertz CT molecular complexity index is 686. The van der Waals surface area contributed by atoms with Gasteiger partial charge >= 0.3 is 0 Å². The van der Waals surface area contributed by atoms with Gasteiger partial charge in [-0.05, 0) is 42.9 Å². The molecule has 0 saturated heterocycles. The van der Waals surface area contributed by atoms with Gasteiger partial charge in [0.15, 0.2) is 5.11 Å². The first kappa shape index (κ1) is 15.8. The summed E-state index contributed by atoms with van der Waals surface area (Å²) in [6, 6.07) is 13.0. The van der Waals surface area contributed by atoms with Crippen molar-refractivity contribution in [2.75, 3.05) is 5.32 Å². The third-order valence-corrected chi connectivity index (χ3v) is 3.74. The molecule has 0 heterocycles. The highest BCUT2D eigenvalue weighted by molar-refractivity contribution is 7.80. The lowest BCUT2D eigenvalue weighted by Crippen LogP contribution is -2.24. The van der Waals surface area contributed by atoms with Crippen LogP contribution < -0.4 is 10.7 Å². The van der Waals surface area contributed by atoms with Crippen molar-refractivity contribution in [1.82, 2.24) is 5.43 Å². The van der Waals surface area contributed by atoms with Crippen LogP contribution in [0.3, 0.4) is 0 Å². The molecule has 0 radical (unpaired) electrons. The summed E-state index contributed by atoms with van der Waals surface area (Å²) in [7, 11) is 0. The van der Waals surface area contributed by atoms with E-state index in [1.807, 2.05) is 43.3 Å². The molecule has 0 atom stereocenters. The van der Waals surface area contributed by atoms with Crippen molar-refractivity contribution in [1.29, 1.82) is 0 Å². The summed E-state index contributed by atoms with van der Waals surface area (Å²) in [5.74, 6) is 0. The quantitative estimate of drug-likeness (QED) is 0.487. The van der Waals surface area contributed by atoms with Crippen molar-refractivity contribution in [3.05, 3.63) is 63.6 Å². The summed E-state index contributed by atoms with van der Waals surface area (Å²) >= 11 is 17.3. The number of hydrogen-bond acceptors (Lipinski definition) is 2. The lowest BCUT2D eigenvalue weighted by molar-refractivity contribution is 1.05. The summed E-state index contributed by atoms with van der Waals surface area (Å²) in [5, 5.41) is 8.79. The summed E-state index contributed by atoms with van der Waals surface area (Å²) in [6.07, 6.45) is 1.61. The molecule has 0 aliphatic rings. The molecule has 0 amide bonds. The van der Waals surface area contributed by atoms with Gasteiger partial charge in [-0.3, -0.25) is 5.43 Å². The van der Waals surface area contributed by atoms with E-state index in [9.17, 15) is 0 Å². The van der Waals surface area contributed by atoms with E-state index in [1.54, 1.807) is 12.3 Å². The highest BCUT2D eigenvalue weighted by Crippen LogP contribution is 2.22. The molecule has 3 nitrogen and oxygen atoms in total. The van der Waals surface area contributed by atoms with Crippen LogP contribution in [0.1, 0.15) is 11.1 Å². The molecule has 2 N–H and O–H groups in total. The average Bonchev–Trinajstić information content (AvgIpc) is 2.46. The second kappa shape index (κ2) is 7.41.